The van der Waals surface area contributed by atoms with Crippen molar-refractivity contribution in [2.24, 2.45) is 5.73 Å². The molecule has 1 atom stereocenters. The molecule has 0 aromatic heterocycles. The van der Waals surface area contributed by atoms with Gasteiger partial charge in [0.05, 0.1) is 13.7 Å². The van der Waals surface area contributed by atoms with Crippen molar-refractivity contribution in [1.82, 2.24) is 0 Å². The Balaban J connectivity index is 2.34. The van der Waals surface area contributed by atoms with Gasteiger partial charge >= 0.3 is 0 Å². The first-order valence-corrected chi connectivity index (χ1v) is 7.76. The van der Waals surface area contributed by atoms with Crippen molar-refractivity contribution in [3.8, 4) is 11.5 Å². The molecule has 0 radical (unpaired) electrons. The van der Waals surface area contributed by atoms with Gasteiger partial charge in [-0.1, -0.05) is 17.7 Å². The van der Waals surface area contributed by atoms with E-state index in [1.807, 2.05) is 0 Å². The highest BCUT2D eigenvalue weighted by Gasteiger charge is 2.22. The number of anilines is 1. The predicted molar refractivity (Wildman–Crippen MR) is 92.5 cm³/mol. The molecule has 6 nitrogen and oxygen atoms in total. The van der Waals surface area contributed by atoms with Crippen molar-refractivity contribution in [2.45, 2.75) is 6.04 Å². The van der Waals surface area contributed by atoms with Crippen LogP contribution in [-0.4, -0.2) is 31.3 Å². The lowest BCUT2D eigenvalue weighted by Gasteiger charge is -2.19. The molecule has 4 N–H and O–H groups in total. The van der Waals surface area contributed by atoms with Crippen molar-refractivity contribution in [3.63, 3.8) is 0 Å². The molecule has 0 fully saturated rings. The number of methoxy groups -OCH3 is 1. The maximum Gasteiger partial charge on any atom is 0.244 e. The lowest BCUT2D eigenvalue weighted by molar-refractivity contribution is -0.118. The van der Waals surface area contributed by atoms with Gasteiger partial charge in [0.2, 0.25) is 5.91 Å². The predicted octanol–water partition coefficient (Wildman–Crippen LogP) is 2.50. The number of aliphatic hydroxyl groups is 1. The Morgan fingerprint density at radius 1 is 1.32 bits per heavy atom. The first-order valence-electron chi connectivity index (χ1n) is 7.38. The number of primary amides is 1. The number of hydrogen-bond donors (Lipinski definition) is 3. The van der Waals surface area contributed by atoms with Gasteiger partial charge < -0.3 is 25.6 Å². The van der Waals surface area contributed by atoms with Crippen molar-refractivity contribution in [3.05, 3.63) is 52.8 Å². The summed E-state index contributed by atoms with van der Waals surface area (Å²) in [6, 6.07) is 7.66. The average molecular weight is 369 g/mol. The van der Waals surface area contributed by atoms with E-state index in [-0.39, 0.29) is 23.8 Å². The zero-order valence-corrected chi connectivity index (χ0v) is 14.2. The zero-order valence-electron chi connectivity index (χ0n) is 13.5. The average Bonchev–Trinajstić information content (AvgIpc) is 2.58. The molecule has 1 amide bonds. The summed E-state index contributed by atoms with van der Waals surface area (Å²) in [5.41, 5.74) is 5.92. The molecule has 2 aromatic rings. The van der Waals surface area contributed by atoms with Crippen LogP contribution in [0.25, 0.3) is 0 Å². The number of aliphatic hydroxyl groups excluding tert-OH is 1. The molecular formula is C17H18ClFN2O4. The van der Waals surface area contributed by atoms with E-state index in [9.17, 15) is 9.18 Å². The number of amides is 1. The van der Waals surface area contributed by atoms with E-state index in [0.717, 1.165) is 6.07 Å². The van der Waals surface area contributed by atoms with Gasteiger partial charge in [-0.2, -0.15) is 0 Å². The van der Waals surface area contributed by atoms with Gasteiger partial charge in [-0.25, -0.2) is 4.39 Å². The standard InChI is InChI=1S/C17H18ClFN2O4/c1-24-12-7-11(8-13(9-12)25-5-4-22)21-16(17(20)23)14-3-2-10(18)6-15(14)19/h2-3,6-9,16,21-22H,4-5H2,1H3,(H2,20,23). The van der Waals surface area contributed by atoms with Gasteiger partial charge in [0.15, 0.2) is 0 Å². The van der Waals surface area contributed by atoms with Crippen LogP contribution in [0.1, 0.15) is 11.6 Å². The molecule has 0 heterocycles. The number of carbonyl (C=O) groups excluding carboxylic acids is 1. The number of carbonyl (C=O) groups is 1. The van der Waals surface area contributed by atoms with E-state index >= 15 is 0 Å². The topological polar surface area (TPSA) is 93.8 Å². The minimum absolute atomic E-state index is 0.0672. The van der Waals surface area contributed by atoms with Crippen LogP contribution < -0.4 is 20.5 Å². The number of halogens is 2. The SMILES string of the molecule is COc1cc(NC(C(N)=O)c2ccc(Cl)cc2F)cc(OCCO)c1. The van der Waals surface area contributed by atoms with Crippen LogP contribution in [0.15, 0.2) is 36.4 Å². The Hall–Kier alpha value is -2.51. The molecule has 0 aliphatic carbocycles. The van der Waals surface area contributed by atoms with Crippen LogP contribution in [0.3, 0.4) is 0 Å². The fraction of sp³-hybridized carbons (Fsp3) is 0.235. The monoisotopic (exact) mass is 368 g/mol. The van der Waals surface area contributed by atoms with E-state index in [0.29, 0.717) is 17.2 Å². The molecule has 1 unspecified atom stereocenters. The fourth-order valence-corrected chi connectivity index (χ4v) is 2.38. The Morgan fingerprint density at radius 3 is 2.64 bits per heavy atom. The minimum atomic E-state index is -1.12. The third kappa shape index (κ3) is 4.98. The van der Waals surface area contributed by atoms with E-state index in [1.54, 1.807) is 18.2 Å². The van der Waals surface area contributed by atoms with Crippen LogP contribution in [-0.2, 0) is 4.79 Å². The van der Waals surface area contributed by atoms with Crippen LogP contribution in [0.4, 0.5) is 10.1 Å². The molecule has 2 rings (SSSR count). The van der Waals surface area contributed by atoms with Crippen molar-refractivity contribution in [1.29, 1.82) is 0 Å². The second kappa shape index (κ2) is 8.55. The highest BCUT2D eigenvalue weighted by atomic mass is 35.5. The number of ether oxygens (including phenoxy) is 2. The Labute approximate surface area is 149 Å². The Morgan fingerprint density at radius 2 is 2.04 bits per heavy atom. The first kappa shape index (κ1) is 18.8. The highest BCUT2D eigenvalue weighted by molar-refractivity contribution is 6.30. The number of benzene rings is 2. The van der Waals surface area contributed by atoms with E-state index in [2.05, 4.69) is 5.32 Å². The van der Waals surface area contributed by atoms with Gasteiger partial charge in [-0.15, -0.1) is 0 Å². The lowest BCUT2D eigenvalue weighted by atomic mass is 10.1. The molecule has 2 aromatic carbocycles. The van der Waals surface area contributed by atoms with Crippen LogP contribution >= 0.6 is 11.6 Å². The smallest absolute Gasteiger partial charge is 0.244 e. The fourth-order valence-electron chi connectivity index (χ4n) is 2.22. The molecule has 25 heavy (non-hydrogen) atoms. The normalized spacial score (nSPS) is 11.7. The summed E-state index contributed by atoms with van der Waals surface area (Å²) < 4.78 is 24.7. The Bertz CT molecular complexity index is 757. The number of nitrogens with two attached hydrogens (primary N) is 1. The molecule has 134 valence electrons. The molecule has 0 aliphatic rings. The minimum Gasteiger partial charge on any atom is -0.497 e. The van der Waals surface area contributed by atoms with Crippen LogP contribution in [0.5, 0.6) is 11.5 Å². The quantitative estimate of drug-likeness (QED) is 0.665. The van der Waals surface area contributed by atoms with E-state index < -0.39 is 17.8 Å². The summed E-state index contributed by atoms with van der Waals surface area (Å²) in [6.45, 7) is -0.0580. The van der Waals surface area contributed by atoms with Crippen molar-refractivity contribution >= 4 is 23.2 Å². The number of rotatable bonds is 8. The van der Waals surface area contributed by atoms with Gasteiger partial charge in [0.25, 0.3) is 0 Å². The second-order valence-electron chi connectivity index (χ2n) is 5.11. The maximum atomic E-state index is 14.1. The summed E-state index contributed by atoms with van der Waals surface area (Å²) in [4.78, 5) is 11.8. The van der Waals surface area contributed by atoms with Crippen LogP contribution in [0.2, 0.25) is 5.02 Å². The first-order chi connectivity index (χ1) is 11.9. The Kier molecular flexibility index (Phi) is 6.44. The lowest BCUT2D eigenvalue weighted by Crippen LogP contribution is -2.28. The molecule has 0 spiro atoms. The highest BCUT2D eigenvalue weighted by Crippen LogP contribution is 2.30. The summed E-state index contributed by atoms with van der Waals surface area (Å²) in [6.07, 6.45) is 0. The van der Waals surface area contributed by atoms with Crippen molar-refractivity contribution < 1.29 is 23.8 Å². The summed E-state index contributed by atoms with van der Waals surface area (Å²) in [5.74, 6) is -0.543. The summed E-state index contributed by atoms with van der Waals surface area (Å²) >= 11 is 5.74. The molecular weight excluding hydrogens is 351 g/mol. The third-order valence-corrected chi connectivity index (χ3v) is 3.58. The number of hydrogen-bond acceptors (Lipinski definition) is 5. The second-order valence-corrected chi connectivity index (χ2v) is 5.55. The third-order valence-electron chi connectivity index (χ3n) is 3.34. The van der Waals surface area contributed by atoms with Gasteiger partial charge in [-0.05, 0) is 12.1 Å². The van der Waals surface area contributed by atoms with E-state index in [1.165, 1.54) is 19.2 Å². The van der Waals surface area contributed by atoms with Crippen molar-refractivity contribution in [2.75, 3.05) is 25.6 Å². The molecule has 0 aliphatic heterocycles. The maximum absolute atomic E-state index is 14.1. The molecule has 8 heteroatoms. The molecule has 0 saturated carbocycles. The molecule has 0 saturated heterocycles. The largest absolute Gasteiger partial charge is 0.497 e. The summed E-state index contributed by atoms with van der Waals surface area (Å²) in [5, 5.41) is 11.9. The number of nitrogens with one attached hydrogen (secondary N) is 1. The van der Waals surface area contributed by atoms with Crippen LogP contribution in [0, 0.1) is 5.82 Å². The molecule has 0 bridgehead atoms. The van der Waals surface area contributed by atoms with Gasteiger partial charge in [-0.3, -0.25) is 4.79 Å². The van der Waals surface area contributed by atoms with E-state index in [4.69, 9.17) is 31.9 Å². The zero-order chi connectivity index (χ0) is 18.4. The van der Waals surface area contributed by atoms with Gasteiger partial charge in [0, 0.05) is 34.5 Å². The summed E-state index contributed by atoms with van der Waals surface area (Å²) in [7, 11) is 1.47. The van der Waals surface area contributed by atoms with Gasteiger partial charge in [0.1, 0.15) is 30.0 Å².